The smallest absolute Gasteiger partial charge is 0.0768 e. The van der Waals surface area contributed by atoms with Gasteiger partial charge in [0, 0.05) is 19.3 Å². The topological polar surface area (TPSA) is 52.1 Å². The van der Waals surface area contributed by atoms with Crippen molar-refractivity contribution in [3.8, 4) is 0 Å². The highest BCUT2D eigenvalue weighted by Crippen LogP contribution is 2.28. The summed E-state index contributed by atoms with van der Waals surface area (Å²) in [6.45, 7) is 7.09. The molecule has 1 aromatic heterocycles. The minimum Gasteiger partial charge on any atom is -0.389 e. The van der Waals surface area contributed by atoms with Gasteiger partial charge in [-0.3, -0.25) is 10.00 Å². The zero-order chi connectivity index (χ0) is 13.0. The molecule has 0 saturated carbocycles. The summed E-state index contributed by atoms with van der Waals surface area (Å²) in [5.74, 6) is 0.565. The predicted octanol–water partition coefficient (Wildman–Crippen LogP) is 2.14. The third-order valence-electron chi connectivity index (χ3n) is 4.33. The second-order valence-corrected chi connectivity index (χ2v) is 5.54. The van der Waals surface area contributed by atoms with Gasteiger partial charge < -0.3 is 5.11 Å². The Morgan fingerprint density at radius 3 is 2.89 bits per heavy atom. The molecule has 1 atom stereocenters. The number of nitrogens with zero attached hydrogens (tertiary/aromatic N) is 2. The van der Waals surface area contributed by atoms with Crippen LogP contribution in [0.4, 0.5) is 0 Å². The van der Waals surface area contributed by atoms with Gasteiger partial charge in [0.2, 0.25) is 0 Å². The van der Waals surface area contributed by atoms with Gasteiger partial charge >= 0.3 is 0 Å². The fraction of sp³-hybridized carbons (Fsp3) is 0.786. The molecule has 0 radical (unpaired) electrons. The number of β-amino-alcohol motifs (C(OH)–C–C–N with tert-alkyl or cyclic N) is 1. The lowest BCUT2D eigenvalue weighted by molar-refractivity contribution is -0.00979. The van der Waals surface area contributed by atoms with Crippen LogP contribution in [0.1, 0.15) is 51.0 Å². The normalized spacial score (nSPS) is 22.3. The van der Waals surface area contributed by atoms with Crippen molar-refractivity contribution in [2.45, 2.75) is 51.0 Å². The van der Waals surface area contributed by atoms with Crippen LogP contribution in [0, 0.1) is 0 Å². The van der Waals surface area contributed by atoms with Gasteiger partial charge in [-0.15, -0.1) is 0 Å². The molecule has 2 rings (SSSR count). The van der Waals surface area contributed by atoms with E-state index in [1.54, 1.807) is 0 Å². The Kier molecular flexibility index (Phi) is 4.40. The van der Waals surface area contributed by atoms with Crippen molar-refractivity contribution in [1.82, 2.24) is 15.1 Å². The zero-order valence-corrected chi connectivity index (χ0v) is 11.5. The zero-order valence-electron chi connectivity index (χ0n) is 11.5. The van der Waals surface area contributed by atoms with Crippen molar-refractivity contribution in [3.05, 3.63) is 18.0 Å². The minimum absolute atomic E-state index is 0.516. The van der Waals surface area contributed by atoms with E-state index in [0.29, 0.717) is 5.92 Å². The van der Waals surface area contributed by atoms with Gasteiger partial charge in [-0.2, -0.15) is 5.10 Å². The summed E-state index contributed by atoms with van der Waals surface area (Å²) in [4.78, 5) is 2.41. The molecule has 4 nitrogen and oxygen atoms in total. The molecule has 4 heteroatoms. The van der Waals surface area contributed by atoms with Gasteiger partial charge in [0.15, 0.2) is 0 Å². The van der Waals surface area contributed by atoms with Gasteiger partial charge in [-0.05, 0) is 43.7 Å². The molecule has 1 aliphatic rings. The molecule has 2 N–H and O–H groups in total. The van der Waals surface area contributed by atoms with Crippen molar-refractivity contribution in [1.29, 1.82) is 0 Å². The maximum absolute atomic E-state index is 10.4. The fourth-order valence-electron chi connectivity index (χ4n) is 2.85. The largest absolute Gasteiger partial charge is 0.389 e. The van der Waals surface area contributed by atoms with Gasteiger partial charge in [0.1, 0.15) is 0 Å². The van der Waals surface area contributed by atoms with E-state index >= 15 is 0 Å². The Morgan fingerprint density at radius 2 is 2.28 bits per heavy atom. The molecule has 0 aromatic carbocycles. The number of hydrogen-bond acceptors (Lipinski definition) is 3. The molecule has 18 heavy (non-hydrogen) atoms. The van der Waals surface area contributed by atoms with Crippen molar-refractivity contribution in [2.24, 2.45) is 0 Å². The monoisotopic (exact) mass is 251 g/mol. The molecule has 0 bridgehead atoms. The molecule has 1 fully saturated rings. The van der Waals surface area contributed by atoms with Crippen molar-refractivity contribution >= 4 is 0 Å². The van der Waals surface area contributed by atoms with Crippen LogP contribution >= 0.6 is 0 Å². The summed E-state index contributed by atoms with van der Waals surface area (Å²) in [5, 5.41) is 17.4. The molecule has 0 amide bonds. The third-order valence-corrected chi connectivity index (χ3v) is 4.33. The second kappa shape index (κ2) is 5.85. The van der Waals surface area contributed by atoms with E-state index in [-0.39, 0.29) is 0 Å². The first-order chi connectivity index (χ1) is 8.67. The van der Waals surface area contributed by atoms with Crippen LogP contribution in [0.15, 0.2) is 12.4 Å². The van der Waals surface area contributed by atoms with E-state index in [1.807, 2.05) is 12.4 Å². The van der Waals surface area contributed by atoms with Crippen LogP contribution in [0.5, 0.6) is 0 Å². The van der Waals surface area contributed by atoms with Gasteiger partial charge in [-0.25, -0.2) is 0 Å². The van der Waals surface area contributed by atoms with E-state index in [1.165, 1.54) is 18.4 Å². The lowest BCUT2D eigenvalue weighted by Gasteiger charge is -2.38. The van der Waals surface area contributed by atoms with Gasteiger partial charge in [0.25, 0.3) is 0 Å². The van der Waals surface area contributed by atoms with Crippen LogP contribution in [0.3, 0.4) is 0 Å². The Morgan fingerprint density at radius 1 is 1.50 bits per heavy atom. The average molecular weight is 251 g/mol. The minimum atomic E-state index is -0.516. The first kappa shape index (κ1) is 13.6. The average Bonchev–Trinajstić information content (AvgIpc) is 2.93. The predicted molar refractivity (Wildman–Crippen MR) is 72.5 cm³/mol. The molecule has 1 saturated heterocycles. The van der Waals surface area contributed by atoms with Crippen LogP contribution < -0.4 is 0 Å². The highest BCUT2D eigenvalue weighted by Gasteiger charge is 2.29. The Balaban J connectivity index is 1.95. The number of hydrogen-bond donors (Lipinski definition) is 2. The summed E-state index contributed by atoms with van der Waals surface area (Å²) in [6.07, 6.45) is 8.03. The molecule has 2 heterocycles. The van der Waals surface area contributed by atoms with E-state index in [4.69, 9.17) is 0 Å². The van der Waals surface area contributed by atoms with E-state index < -0.39 is 5.60 Å². The van der Waals surface area contributed by atoms with E-state index in [9.17, 15) is 5.11 Å². The Hall–Kier alpha value is -0.870. The maximum Gasteiger partial charge on any atom is 0.0768 e. The lowest BCUT2D eigenvalue weighted by Crippen LogP contribution is -2.45. The summed E-state index contributed by atoms with van der Waals surface area (Å²) in [5.41, 5.74) is 0.786. The highest BCUT2D eigenvalue weighted by atomic mass is 16.3. The molecule has 102 valence electrons. The summed E-state index contributed by atoms with van der Waals surface area (Å²) in [6, 6.07) is 0. The van der Waals surface area contributed by atoms with Gasteiger partial charge in [-0.1, -0.05) is 13.8 Å². The summed E-state index contributed by atoms with van der Waals surface area (Å²) in [7, 11) is 0. The second-order valence-electron chi connectivity index (χ2n) is 5.54. The first-order valence-electron chi connectivity index (χ1n) is 7.10. The van der Waals surface area contributed by atoms with Crippen molar-refractivity contribution < 1.29 is 5.11 Å². The summed E-state index contributed by atoms with van der Waals surface area (Å²) >= 11 is 0. The molecule has 0 spiro atoms. The molecular formula is C14H25N3O. The highest BCUT2D eigenvalue weighted by molar-refractivity contribution is 5.12. The van der Waals surface area contributed by atoms with Crippen LogP contribution in [0.25, 0.3) is 0 Å². The van der Waals surface area contributed by atoms with Crippen molar-refractivity contribution in [2.75, 3.05) is 19.6 Å². The number of likely N-dealkylation sites (tertiary alicyclic amines) is 1. The number of aromatic nitrogens is 2. The number of aliphatic hydroxyl groups is 1. The van der Waals surface area contributed by atoms with Crippen LogP contribution in [0.2, 0.25) is 0 Å². The number of nitrogens with one attached hydrogen (secondary N) is 1. The lowest BCUT2D eigenvalue weighted by atomic mass is 9.90. The SMILES string of the molecule is CCC(O)(CC)CN1CCCC(c2cn[nH]c2)C1. The number of H-pyrrole nitrogens is 1. The first-order valence-corrected chi connectivity index (χ1v) is 7.10. The van der Waals surface area contributed by atoms with Crippen LogP contribution in [-0.4, -0.2) is 45.4 Å². The molecular weight excluding hydrogens is 226 g/mol. The van der Waals surface area contributed by atoms with E-state index in [0.717, 1.165) is 32.5 Å². The Bertz CT molecular complexity index is 346. The fourth-order valence-corrected chi connectivity index (χ4v) is 2.85. The molecule has 0 aliphatic carbocycles. The molecule has 1 aliphatic heterocycles. The quantitative estimate of drug-likeness (QED) is 0.843. The third kappa shape index (κ3) is 3.12. The van der Waals surface area contributed by atoms with Crippen molar-refractivity contribution in [3.63, 3.8) is 0 Å². The van der Waals surface area contributed by atoms with E-state index in [2.05, 4.69) is 28.9 Å². The molecule has 1 aromatic rings. The number of piperidine rings is 1. The standard InChI is InChI=1S/C14H25N3O/c1-3-14(18,4-2)11-17-7-5-6-12(10-17)13-8-15-16-9-13/h8-9,12,18H,3-7,10-11H2,1-2H3,(H,15,16). The van der Waals surface area contributed by atoms with Crippen LogP contribution in [-0.2, 0) is 0 Å². The number of aromatic amines is 1. The summed E-state index contributed by atoms with van der Waals surface area (Å²) < 4.78 is 0. The number of rotatable bonds is 5. The molecule has 1 unspecified atom stereocenters. The maximum atomic E-state index is 10.4. The Labute approximate surface area is 109 Å². The van der Waals surface area contributed by atoms with Gasteiger partial charge in [0.05, 0.1) is 11.8 Å².